The molecule has 0 radical (unpaired) electrons. The Morgan fingerprint density at radius 2 is 1.67 bits per heavy atom. The maximum atomic E-state index is 12.2. The second kappa shape index (κ2) is 11.9. The number of unbranched alkanes of at least 4 members (excludes halogenated alkanes) is 3. The molecule has 2 atom stereocenters. The van der Waals surface area contributed by atoms with Gasteiger partial charge in [0, 0.05) is 5.92 Å². The third-order valence-electron chi connectivity index (χ3n) is 5.15. The minimum Gasteiger partial charge on any atom is -0.479 e. The molecule has 0 spiro atoms. The summed E-state index contributed by atoms with van der Waals surface area (Å²) in [6.07, 6.45) is 8.52. The Bertz CT molecular complexity index is 341. The molecule has 0 aromatic carbocycles. The largest absolute Gasteiger partial charge is 0.479 e. The number of hydrogen-bond acceptors (Lipinski definition) is 3. The molecular weight excluding hydrogens is 304 g/mol. The average molecular weight is 345 g/mol. The molecule has 4 nitrogen and oxygen atoms in total. The minimum absolute atomic E-state index is 0.0758. The smallest absolute Gasteiger partial charge is 0.339 e. The Morgan fingerprint density at radius 3 is 2.12 bits per heavy atom. The van der Waals surface area contributed by atoms with E-state index in [2.05, 4.69) is 34.6 Å². The first-order valence-electron chi connectivity index (χ1n) is 9.86. The molecule has 0 aliphatic carbocycles. The number of aliphatic carboxylic acids is 1. The predicted octanol–water partition coefficient (Wildman–Crippen LogP) is 5.99. The topological polar surface area (TPSA) is 55.8 Å². The van der Waals surface area contributed by atoms with Gasteiger partial charge in [0.1, 0.15) is 0 Å². The third-order valence-corrected chi connectivity index (χ3v) is 5.15. The molecule has 24 heavy (non-hydrogen) atoms. The second-order valence-electron chi connectivity index (χ2n) is 7.59. The van der Waals surface area contributed by atoms with Gasteiger partial charge >= 0.3 is 5.97 Å². The molecule has 0 saturated heterocycles. The molecule has 1 N–H and O–H groups in total. The molecule has 0 aliphatic heterocycles. The number of hydrogen-bond donors (Lipinski definition) is 1. The molecule has 0 rings (SSSR count). The lowest BCUT2D eigenvalue weighted by atomic mass is 9.64. The third kappa shape index (κ3) is 6.72. The van der Waals surface area contributed by atoms with E-state index < -0.39 is 11.6 Å². The van der Waals surface area contributed by atoms with Gasteiger partial charge in [-0.1, -0.05) is 73.6 Å². The molecule has 0 bridgehead atoms. The van der Waals surface area contributed by atoms with E-state index in [1.807, 2.05) is 6.92 Å². The summed E-state index contributed by atoms with van der Waals surface area (Å²) in [5, 5.41) is 9.99. The summed E-state index contributed by atoms with van der Waals surface area (Å²) in [5.74, 6) is -0.978. The summed E-state index contributed by atoms with van der Waals surface area (Å²) in [7, 11) is 0. The van der Waals surface area contributed by atoms with Gasteiger partial charge in [0.25, 0.3) is 0 Å². The van der Waals surface area contributed by atoms with E-state index in [-0.39, 0.29) is 11.3 Å². The standard InChI is InChI=1S/C20H40O4/c1-7-11-12-13-16-23-24-20(10-4,18(21)22)17(14-8-2)19(5,6)15-9-3/h17H,7-16H2,1-6H3,(H,21,22). The first kappa shape index (κ1) is 23.4. The van der Waals surface area contributed by atoms with Gasteiger partial charge in [-0.25, -0.2) is 14.6 Å². The fourth-order valence-electron chi connectivity index (χ4n) is 3.80. The highest BCUT2D eigenvalue weighted by atomic mass is 17.2. The van der Waals surface area contributed by atoms with Crippen molar-refractivity contribution in [1.29, 1.82) is 0 Å². The van der Waals surface area contributed by atoms with E-state index in [0.29, 0.717) is 13.0 Å². The van der Waals surface area contributed by atoms with Crippen LogP contribution in [-0.2, 0) is 14.6 Å². The quantitative estimate of drug-likeness (QED) is 0.225. The molecule has 2 unspecified atom stereocenters. The van der Waals surface area contributed by atoms with Crippen LogP contribution < -0.4 is 0 Å². The number of rotatable bonds is 15. The maximum absolute atomic E-state index is 12.2. The van der Waals surface area contributed by atoms with Gasteiger partial charge < -0.3 is 5.11 Å². The van der Waals surface area contributed by atoms with E-state index >= 15 is 0 Å². The van der Waals surface area contributed by atoms with Crippen molar-refractivity contribution in [3.63, 3.8) is 0 Å². The molecular formula is C20H40O4. The lowest BCUT2D eigenvalue weighted by Gasteiger charge is -2.44. The number of carbonyl (C=O) groups is 1. The molecule has 0 aromatic heterocycles. The molecule has 0 heterocycles. The van der Waals surface area contributed by atoms with Crippen molar-refractivity contribution in [2.24, 2.45) is 11.3 Å². The van der Waals surface area contributed by atoms with Gasteiger partial charge in [-0.2, -0.15) is 0 Å². The second-order valence-corrected chi connectivity index (χ2v) is 7.59. The monoisotopic (exact) mass is 344 g/mol. The molecule has 0 aromatic rings. The zero-order valence-electron chi connectivity index (χ0n) is 16.8. The summed E-state index contributed by atoms with van der Waals surface area (Å²) >= 11 is 0. The van der Waals surface area contributed by atoms with Crippen LogP contribution in [0.1, 0.15) is 99.3 Å². The van der Waals surface area contributed by atoms with E-state index in [1.54, 1.807) is 0 Å². The van der Waals surface area contributed by atoms with Crippen LogP contribution in [0.2, 0.25) is 0 Å². The van der Waals surface area contributed by atoms with Crippen molar-refractivity contribution < 1.29 is 19.7 Å². The SMILES string of the molecule is CCCCCCOOC(CC)(C(=O)O)C(CCC)C(C)(C)CCC. The Hall–Kier alpha value is -0.610. The van der Waals surface area contributed by atoms with E-state index in [0.717, 1.165) is 38.5 Å². The normalized spacial score (nSPS) is 15.9. The average Bonchev–Trinajstić information content (AvgIpc) is 2.52. The summed E-state index contributed by atoms with van der Waals surface area (Å²) in [4.78, 5) is 23.3. The highest BCUT2D eigenvalue weighted by Crippen LogP contribution is 2.45. The van der Waals surface area contributed by atoms with Gasteiger partial charge in [-0.3, -0.25) is 0 Å². The Kier molecular flexibility index (Phi) is 11.6. The zero-order chi connectivity index (χ0) is 18.6. The Balaban J connectivity index is 5.17. The summed E-state index contributed by atoms with van der Waals surface area (Å²) < 4.78 is 0. The Morgan fingerprint density at radius 1 is 1.00 bits per heavy atom. The molecule has 4 heteroatoms. The predicted molar refractivity (Wildman–Crippen MR) is 98.9 cm³/mol. The van der Waals surface area contributed by atoms with Crippen molar-refractivity contribution in [2.45, 2.75) is 105 Å². The van der Waals surface area contributed by atoms with Gasteiger partial charge in [0.2, 0.25) is 5.60 Å². The maximum Gasteiger partial charge on any atom is 0.339 e. The Labute approximate surface area is 149 Å². The lowest BCUT2D eigenvalue weighted by Crippen LogP contribution is -2.53. The van der Waals surface area contributed by atoms with Crippen molar-refractivity contribution in [3.05, 3.63) is 0 Å². The fraction of sp³-hybridized carbons (Fsp3) is 0.950. The lowest BCUT2D eigenvalue weighted by molar-refractivity contribution is -0.372. The van der Waals surface area contributed by atoms with Gasteiger partial charge in [-0.05, 0) is 31.1 Å². The summed E-state index contributed by atoms with van der Waals surface area (Å²) in [6, 6.07) is 0. The van der Waals surface area contributed by atoms with Crippen LogP contribution in [0.25, 0.3) is 0 Å². The molecule has 0 fully saturated rings. The molecule has 0 saturated carbocycles. The zero-order valence-corrected chi connectivity index (χ0v) is 16.8. The summed E-state index contributed by atoms with van der Waals surface area (Å²) in [6.45, 7) is 13.1. The van der Waals surface area contributed by atoms with Crippen LogP contribution in [-0.4, -0.2) is 23.3 Å². The van der Waals surface area contributed by atoms with Crippen molar-refractivity contribution in [1.82, 2.24) is 0 Å². The first-order chi connectivity index (χ1) is 11.3. The minimum atomic E-state index is -1.26. The van der Waals surface area contributed by atoms with Crippen molar-refractivity contribution in [3.8, 4) is 0 Å². The number of carboxylic acids is 1. The highest BCUT2D eigenvalue weighted by molar-refractivity contribution is 5.78. The van der Waals surface area contributed by atoms with E-state index in [1.165, 1.54) is 12.8 Å². The van der Waals surface area contributed by atoms with E-state index in [9.17, 15) is 9.90 Å². The number of carboxylic acid groups (broad SMARTS) is 1. The van der Waals surface area contributed by atoms with Crippen LogP contribution in [0.4, 0.5) is 0 Å². The van der Waals surface area contributed by atoms with Crippen molar-refractivity contribution in [2.75, 3.05) is 6.61 Å². The van der Waals surface area contributed by atoms with Gasteiger partial charge in [-0.15, -0.1) is 0 Å². The highest BCUT2D eigenvalue weighted by Gasteiger charge is 2.52. The van der Waals surface area contributed by atoms with Crippen LogP contribution >= 0.6 is 0 Å². The van der Waals surface area contributed by atoms with Crippen LogP contribution in [0.15, 0.2) is 0 Å². The summed E-state index contributed by atoms with van der Waals surface area (Å²) in [5.41, 5.74) is -1.37. The van der Waals surface area contributed by atoms with Crippen LogP contribution in [0, 0.1) is 11.3 Å². The molecule has 144 valence electrons. The molecule has 0 amide bonds. The van der Waals surface area contributed by atoms with Crippen molar-refractivity contribution >= 4 is 5.97 Å². The van der Waals surface area contributed by atoms with E-state index in [4.69, 9.17) is 9.78 Å². The first-order valence-corrected chi connectivity index (χ1v) is 9.86. The van der Waals surface area contributed by atoms with Crippen LogP contribution in [0.5, 0.6) is 0 Å². The fourth-order valence-corrected chi connectivity index (χ4v) is 3.80. The van der Waals surface area contributed by atoms with Gasteiger partial charge in [0.05, 0.1) is 6.61 Å². The molecule has 0 aliphatic rings. The van der Waals surface area contributed by atoms with Gasteiger partial charge in [0.15, 0.2) is 0 Å². The van der Waals surface area contributed by atoms with Crippen LogP contribution in [0.3, 0.4) is 0 Å².